The van der Waals surface area contributed by atoms with Gasteiger partial charge in [0.25, 0.3) is 10.0 Å². The Kier molecular flexibility index (Phi) is 5.12. The van der Waals surface area contributed by atoms with Crippen LogP contribution in [-0.2, 0) is 14.8 Å². The van der Waals surface area contributed by atoms with Gasteiger partial charge in [-0.1, -0.05) is 30.3 Å². The third-order valence-electron chi connectivity index (χ3n) is 3.64. The second-order valence-electron chi connectivity index (χ2n) is 5.45. The van der Waals surface area contributed by atoms with Crippen LogP contribution in [-0.4, -0.2) is 29.9 Å². The number of nitrogens with one attached hydrogen (secondary N) is 1. The summed E-state index contributed by atoms with van der Waals surface area (Å²) in [5.41, 5.74) is 0.284. The summed E-state index contributed by atoms with van der Waals surface area (Å²) in [4.78, 5) is 11.4. The standard InChI is InChI=1S/C17H15NO5S3/c1-10(17(20)21)25-14-9-13(11-5-2-3-6-12(11)16(14)19)18-26(22,23)15-7-4-8-24-15/h2-10,18-19H,1H3,(H,20,21)/t10-/m0/s1. The number of sulfonamides is 1. The number of carboxylic acids is 1. The fourth-order valence-electron chi connectivity index (χ4n) is 2.36. The van der Waals surface area contributed by atoms with Gasteiger partial charge in [-0.05, 0) is 24.4 Å². The maximum Gasteiger partial charge on any atom is 0.316 e. The van der Waals surface area contributed by atoms with Crippen LogP contribution in [0.5, 0.6) is 5.75 Å². The van der Waals surface area contributed by atoms with E-state index in [1.165, 1.54) is 19.1 Å². The second-order valence-corrected chi connectivity index (χ2v) is 9.69. The van der Waals surface area contributed by atoms with Crippen LogP contribution in [0.2, 0.25) is 0 Å². The minimum Gasteiger partial charge on any atom is -0.506 e. The van der Waals surface area contributed by atoms with Crippen molar-refractivity contribution in [3.05, 3.63) is 47.8 Å². The van der Waals surface area contributed by atoms with Crippen molar-refractivity contribution < 1.29 is 23.4 Å². The number of thiophene rings is 1. The summed E-state index contributed by atoms with van der Waals surface area (Å²) in [5.74, 6) is -1.10. The Bertz CT molecular complexity index is 1060. The van der Waals surface area contributed by atoms with Gasteiger partial charge in [-0.15, -0.1) is 23.1 Å². The van der Waals surface area contributed by atoms with Gasteiger partial charge in [-0.25, -0.2) is 8.42 Å². The van der Waals surface area contributed by atoms with E-state index in [2.05, 4.69) is 4.72 Å². The van der Waals surface area contributed by atoms with Gasteiger partial charge in [-0.2, -0.15) is 0 Å². The van der Waals surface area contributed by atoms with Crippen LogP contribution < -0.4 is 4.72 Å². The Morgan fingerprint density at radius 2 is 1.88 bits per heavy atom. The zero-order valence-electron chi connectivity index (χ0n) is 13.5. The molecule has 6 nitrogen and oxygen atoms in total. The molecule has 0 aliphatic rings. The number of thioether (sulfide) groups is 1. The zero-order chi connectivity index (χ0) is 18.9. The van der Waals surface area contributed by atoms with Gasteiger partial charge in [0.05, 0.1) is 10.6 Å². The largest absolute Gasteiger partial charge is 0.506 e. The van der Waals surface area contributed by atoms with Crippen molar-refractivity contribution in [2.75, 3.05) is 4.72 Å². The summed E-state index contributed by atoms with van der Waals surface area (Å²) in [5, 5.41) is 21.4. The first-order valence-corrected chi connectivity index (χ1v) is 10.7. The Morgan fingerprint density at radius 3 is 2.50 bits per heavy atom. The number of aromatic hydroxyl groups is 1. The lowest BCUT2D eigenvalue weighted by Gasteiger charge is -2.15. The SMILES string of the molecule is C[C@H](Sc1cc(NS(=O)(=O)c2cccs2)c2ccccc2c1O)C(=O)O. The number of phenolic OH excluding ortho intramolecular Hbond substituents is 1. The summed E-state index contributed by atoms with van der Waals surface area (Å²) in [6, 6.07) is 11.4. The Morgan fingerprint density at radius 1 is 1.19 bits per heavy atom. The summed E-state index contributed by atoms with van der Waals surface area (Å²) in [7, 11) is -3.77. The van der Waals surface area contributed by atoms with Crippen molar-refractivity contribution >= 4 is 55.6 Å². The monoisotopic (exact) mass is 409 g/mol. The third-order valence-corrected chi connectivity index (χ3v) is 7.52. The molecule has 136 valence electrons. The molecule has 0 saturated heterocycles. The number of phenols is 1. The first kappa shape index (κ1) is 18.6. The number of fused-ring (bicyclic) bond motifs is 1. The normalized spacial score (nSPS) is 12.8. The molecule has 0 spiro atoms. The van der Waals surface area contributed by atoms with Crippen LogP contribution in [0.4, 0.5) is 5.69 Å². The first-order chi connectivity index (χ1) is 12.3. The molecule has 26 heavy (non-hydrogen) atoms. The molecule has 3 N–H and O–H groups in total. The lowest BCUT2D eigenvalue weighted by molar-refractivity contribution is -0.136. The minimum absolute atomic E-state index is 0.0715. The third kappa shape index (κ3) is 3.64. The fourth-order valence-corrected chi connectivity index (χ4v) is 5.31. The van der Waals surface area contributed by atoms with E-state index in [0.717, 1.165) is 23.1 Å². The number of benzene rings is 2. The van der Waals surface area contributed by atoms with Crippen LogP contribution >= 0.6 is 23.1 Å². The van der Waals surface area contributed by atoms with E-state index in [4.69, 9.17) is 5.11 Å². The molecule has 0 aliphatic carbocycles. The molecule has 0 radical (unpaired) electrons. The quantitative estimate of drug-likeness (QED) is 0.420. The average molecular weight is 410 g/mol. The molecule has 0 amide bonds. The zero-order valence-corrected chi connectivity index (χ0v) is 16.0. The van der Waals surface area contributed by atoms with E-state index in [0.29, 0.717) is 15.7 Å². The molecule has 1 atom stereocenters. The summed E-state index contributed by atoms with van der Waals surface area (Å²) in [6.45, 7) is 1.50. The van der Waals surface area contributed by atoms with E-state index in [1.54, 1.807) is 35.7 Å². The highest BCUT2D eigenvalue weighted by Crippen LogP contribution is 2.41. The number of hydrogen-bond donors (Lipinski definition) is 3. The van der Waals surface area contributed by atoms with Crippen LogP contribution in [0, 0.1) is 0 Å². The summed E-state index contributed by atoms with van der Waals surface area (Å²) < 4.78 is 27.9. The lowest BCUT2D eigenvalue weighted by Crippen LogP contribution is -2.13. The van der Waals surface area contributed by atoms with E-state index in [9.17, 15) is 18.3 Å². The average Bonchev–Trinajstić information content (AvgIpc) is 3.14. The molecule has 2 aromatic carbocycles. The molecular formula is C17H15NO5S3. The Labute approximate surface area is 158 Å². The molecule has 0 fully saturated rings. The first-order valence-electron chi connectivity index (χ1n) is 7.50. The summed E-state index contributed by atoms with van der Waals surface area (Å²) >= 11 is 2.04. The predicted molar refractivity (Wildman–Crippen MR) is 104 cm³/mol. The smallest absolute Gasteiger partial charge is 0.316 e. The van der Waals surface area contributed by atoms with Crippen molar-refractivity contribution in [2.45, 2.75) is 21.3 Å². The number of rotatable bonds is 6. The molecule has 0 aliphatic heterocycles. The van der Waals surface area contributed by atoms with Crippen molar-refractivity contribution in [2.24, 2.45) is 0 Å². The lowest BCUT2D eigenvalue weighted by atomic mass is 10.1. The summed E-state index contributed by atoms with van der Waals surface area (Å²) in [6.07, 6.45) is 0. The van der Waals surface area contributed by atoms with Gasteiger partial charge in [0.15, 0.2) is 0 Å². The maximum atomic E-state index is 12.6. The van der Waals surface area contributed by atoms with Crippen molar-refractivity contribution in [1.29, 1.82) is 0 Å². The molecule has 0 saturated carbocycles. The molecular weight excluding hydrogens is 394 g/mol. The molecule has 0 bridgehead atoms. The van der Waals surface area contributed by atoms with Gasteiger partial charge < -0.3 is 10.2 Å². The van der Waals surface area contributed by atoms with Crippen molar-refractivity contribution in [3.63, 3.8) is 0 Å². The highest BCUT2D eigenvalue weighted by atomic mass is 32.2. The number of hydrogen-bond acceptors (Lipinski definition) is 6. The molecule has 1 heterocycles. The van der Waals surface area contributed by atoms with E-state index in [1.807, 2.05) is 0 Å². The van der Waals surface area contributed by atoms with Gasteiger partial charge in [0, 0.05) is 10.8 Å². The number of anilines is 1. The Hall–Kier alpha value is -2.23. The number of carboxylic acid groups (broad SMARTS) is 1. The highest BCUT2D eigenvalue weighted by Gasteiger charge is 2.21. The van der Waals surface area contributed by atoms with Crippen LogP contribution in [0.1, 0.15) is 6.92 Å². The van der Waals surface area contributed by atoms with Gasteiger partial charge in [0.1, 0.15) is 15.2 Å². The van der Waals surface area contributed by atoms with Crippen molar-refractivity contribution in [3.8, 4) is 5.75 Å². The molecule has 9 heteroatoms. The number of carbonyl (C=O) groups is 1. The highest BCUT2D eigenvalue weighted by molar-refractivity contribution is 8.00. The van der Waals surface area contributed by atoms with Crippen LogP contribution in [0.3, 0.4) is 0 Å². The van der Waals surface area contributed by atoms with E-state index >= 15 is 0 Å². The molecule has 0 unspecified atom stereocenters. The predicted octanol–water partition coefficient (Wildman–Crippen LogP) is 3.97. The van der Waals surface area contributed by atoms with E-state index < -0.39 is 21.2 Å². The fraction of sp³-hybridized carbons (Fsp3) is 0.118. The van der Waals surface area contributed by atoms with Gasteiger partial charge >= 0.3 is 5.97 Å². The van der Waals surface area contributed by atoms with E-state index in [-0.39, 0.29) is 15.6 Å². The van der Waals surface area contributed by atoms with Crippen LogP contribution in [0.15, 0.2) is 56.9 Å². The maximum absolute atomic E-state index is 12.6. The topological polar surface area (TPSA) is 104 Å². The molecule has 3 aromatic rings. The molecule has 1 aromatic heterocycles. The Balaban J connectivity index is 2.12. The van der Waals surface area contributed by atoms with Gasteiger partial charge in [-0.3, -0.25) is 9.52 Å². The van der Waals surface area contributed by atoms with Crippen LogP contribution in [0.25, 0.3) is 10.8 Å². The van der Waals surface area contributed by atoms with Crippen molar-refractivity contribution in [1.82, 2.24) is 0 Å². The van der Waals surface area contributed by atoms with Gasteiger partial charge in [0.2, 0.25) is 0 Å². The minimum atomic E-state index is -3.77. The molecule has 3 rings (SSSR count). The number of aliphatic carboxylic acids is 1. The second kappa shape index (κ2) is 7.18.